The zero-order valence-corrected chi connectivity index (χ0v) is 13.0. The van der Waals surface area contributed by atoms with E-state index < -0.39 is 0 Å². The first kappa shape index (κ1) is 14.1. The smallest absolute Gasteiger partial charge is 0.225 e. The van der Waals surface area contributed by atoms with Gasteiger partial charge in [-0.3, -0.25) is 0 Å². The Labute approximate surface area is 118 Å². The second-order valence-corrected chi connectivity index (χ2v) is 5.92. The third kappa shape index (κ3) is 2.97. The number of hydrogen-bond donors (Lipinski definition) is 1. The van der Waals surface area contributed by atoms with Crippen LogP contribution < -0.4 is 10.2 Å². The van der Waals surface area contributed by atoms with Crippen molar-refractivity contribution in [1.29, 1.82) is 0 Å². The zero-order valence-electron chi connectivity index (χ0n) is 12.2. The van der Waals surface area contributed by atoms with Crippen molar-refractivity contribution in [3.05, 3.63) is 10.9 Å². The molecule has 5 heteroatoms. The average Bonchev–Trinajstić information content (AvgIpc) is 2.77. The number of nitrogens with one attached hydrogen (secondary N) is 1. The maximum absolute atomic E-state index is 4.68. The molecule has 0 spiro atoms. The van der Waals surface area contributed by atoms with E-state index in [-0.39, 0.29) is 0 Å². The molecule has 0 aromatic carbocycles. The Hall–Kier alpha value is -1.36. The molecule has 0 aliphatic heterocycles. The van der Waals surface area contributed by atoms with Crippen LogP contribution in [0, 0.1) is 6.92 Å². The summed E-state index contributed by atoms with van der Waals surface area (Å²) in [6.45, 7) is 8.62. The fourth-order valence-corrected chi connectivity index (χ4v) is 3.12. The van der Waals surface area contributed by atoms with E-state index in [1.165, 1.54) is 10.3 Å². The summed E-state index contributed by atoms with van der Waals surface area (Å²) in [5.41, 5.74) is 0. The number of nitrogens with zero attached hydrogens (tertiary/aromatic N) is 3. The van der Waals surface area contributed by atoms with Gasteiger partial charge in [-0.2, -0.15) is 4.98 Å². The number of aryl methyl sites for hydroxylation is 1. The molecule has 2 aromatic heterocycles. The van der Waals surface area contributed by atoms with E-state index in [1.807, 2.05) is 7.05 Å². The highest BCUT2D eigenvalue weighted by Gasteiger charge is 2.15. The molecule has 1 N–H and O–H groups in total. The third-order valence-electron chi connectivity index (χ3n) is 3.01. The van der Waals surface area contributed by atoms with E-state index in [1.54, 1.807) is 11.3 Å². The van der Waals surface area contributed by atoms with E-state index in [2.05, 4.69) is 47.0 Å². The summed E-state index contributed by atoms with van der Waals surface area (Å²) < 4.78 is 0. The highest BCUT2D eigenvalue weighted by atomic mass is 32.1. The fourth-order valence-electron chi connectivity index (χ4n) is 2.24. The molecule has 0 aliphatic rings. The monoisotopic (exact) mass is 278 g/mol. The van der Waals surface area contributed by atoms with Gasteiger partial charge in [-0.25, -0.2) is 4.98 Å². The summed E-state index contributed by atoms with van der Waals surface area (Å²) in [7, 11) is 1.87. The van der Waals surface area contributed by atoms with E-state index >= 15 is 0 Å². The number of aromatic nitrogens is 2. The molecule has 104 valence electrons. The molecule has 0 radical (unpaired) electrons. The Morgan fingerprint density at radius 3 is 2.47 bits per heavy atom. The Balaban J connectivity index is 2.54. The van der Waals surface area contributed by atoms with Crippen molar-refractivity contribution in [1.82, 2.24) is 9.97 Å². The largest absolute Gasteiger partial charge is 0.357 e. The number of rotatable bonds is 6. The van der Waals surface area contributed by atoms with Crippen LogP contribution in [-0.4, -0.2) is 30.1 Å². The van der Waals surface area contributed by atoms with E-state index in [0.717, 1.165) is 36.6 Å². The molecule has 2 heterocycles. The first-order valence-corrected chi connectivity index (χ1v) is 7.72. The number of anilines is 2. The molecule has 0 saturated carbocycles. The quantitative estimate of drug-likeness (QED) is 0.875. The summed E-state index contributed by atoms with van der Waals surface area (Å²) in [6, 6.07) is 2.20. The molecular weight excluding hydrogens is 256 g/mol. The van der Waals surface area contributed by atoms with Gasteiger partial charge in [0.05, 0.1) is 5.39 Å². The molecule has 4 nitrogen and oxygen atoms in total. The number of fused-ring (bicyclic) bond motifs is 1. The lowest BCUT2D eigenvalue weighted by atomic mass is 10.3. The molecule has 2 rings (SSSR count). The molecule has 0 bridgehead atoms. The van der Waals surface area contributed by atoms with Gasteiger partial charge in [-0.15, -0.1) is 11.3 Å². The van der Waals surface area contributed by atoms with Crippen LogP contribution in [0.4, 0.5) is 11.8 Å². The molecular formula is C14H22N4S. The van der Waals surface area contributed by atoms with Crippen molar-refractivity contribution in [2.24, 2.45) is 0 Å². The molecule has 0 amide bonds. The van der Waals surface area contributed by atoms with Crippen molar-refractivity contribution in [2.45, 2.75) is 33.6 Å². The number of hydrogen-bond acceptors (Lipinski definition) is 5. The summed E-state index contributed by atoms with van der Waals surface area (Å²) in [6.07, 6.45) is 2.26. The predicted octanol–water partition coefficient (Wildman–Crippen LogP) is 3.67. The van der Waals surface area contributed by atoms with E-state index in [0.29, 0.717) is 5.95 Å². The van der Waals surface area contributed by atoms with Gasteiger partial charge in [0, 0.05) is 25.0 Å². The first-order valence-electron chi connectivity index (χ1n) is 6.90. The molecule has 0 atom stereocenters. The minimum Gasteiger partial charge on any atom is -0.357 e. The molecule has 0 saturated heterocycles. The van der Waals surface area contributed by atoms with Crippen LogP contribution in [-0.2, 0) is 0 Å². The van der Waals surface area contributed by atoms with Gasteiger partial charge >= 0.3 is 0 Å². The lowest BCUT2D eigenvalue weighted by molar-refractivity contribution is 0.737. The van der Waals surface area contributed by atoms with Crippen LogP contribution in [0.15, 0.2) is 6.07 Å². The second-order valence-electron chi connectivity index (χ2n) is 4.68. The molecule has 0 unspecified atom stereocenters. The van der Waals surface area contributed by atoms with Gasteiger partial charge in [-0.05, 0) is 25.8 Å². The predicted molar refractivity (Wildman–Crippen MR) is 84.5 cm³/mol. The van der Waals surface area contributed by atoms with Gasteiger partial charge in [0.25, 0.3) is 0 Å². The minimum atomic E-state index is 0.710. The minimum absolute atomic E-state index is 0.710. The van der Waals surface area contributed by atoms with Crippen LogP contribution in [0.5, 0.6) is 0 Å². The van der Waals surface area contributed by atoms with Gasteiger partial charge in [-0.1, -0.05) is 13.8 Å². The van der Waals surface area contributed by atoms with Crippen LogP contribution in [0.2, 0.25) is 0 Å². The third-order valence-corrected chi connectivity index (χ3v) is 3.95. The zero-order chi connectivity index (χ0) is 13.8. The maximum Gasteiger partial charge on any atom is 0.225 e. The topological polar surface area (TPSA) is 41.1 Å². The lowest BCUT2D eigenvalue weighted by Gasteiger charge is -2.23. The average molecular weight is 278 g/mol. The van der Waals surface area contributed by atoms with Crippen LogP contribution in [0.3, 0.4) is 0 Å². The SMILES string of the molecule is CCCN(CCC)c1nc(NC)nc2sc(C)cc12. The van der Waals surface area contributed by atoms with Gasteiger partial charge in [0.1, 0.15) is 10.6 Å². The molecule has 0 fully saturated rings. The Morgan fingerprint density at radius 2 is 1.89 bits per heavy atom. The van der Waals surface area contributed by atoms with Crippen molar-refractivity contribution in [2.75, 3.05) is 30.4 Å². The normalized spacial score (nSPS) is 10.9. The van der Waals surface area contributed by atoms with Crippen molar-refractivity contribution in [3.8, 4) is 0 Å². The van der Waals surface area contributed by atoms with Crippen molar-refractivity contribution < 1.29 is 0 Å². The first-order chi connectivity index (χ1) is 9.19. The van der Waals surface area contributed by atoms with Crippen molar-refractivity contribution in [3.63, 3.8) is 0 Å². The van der Waals surface area contributed by atoms with Crippen LogP contribution in [0.1, 0.15) is 31.6 Å². The second kappa shape index (κ2) is 6.19. The highest BCUT2D eigenvalue weighted by Crippen LogP contribution is 2.31. The summed E-state index contributed by atoms with van der Waals surface area (Å²) >= 11 is 1.73. The lowest BCUT2D eigenvalue weighted by Crippen LogP contribution is -2.26. The van der Waals surface area contributed by atoms with Gasteiger partial charge in [0.15, 0.2) is 0 Å². The molecule has 19 heavy (non-hydrogen) atoms. The highest BCUT2D eigenvalue weighted by molar-refractivity contribution is 7.18. The summed E-state index contributed by atoms with van der Waals surface area (Å²) in [5, 5.41) is 4.25. The standard InChI is InChI=1S/C14H22N4S/c1-5-7-18(8-6-2)12-11-9-10(3)19-13(11)17-14(15-4)16-12/h9H,5-8H2,1-4H3,(H,15,16,17). The maximum atomic E-state index is 4.68. The van der Waals surface area contributed by atoms with Crippen molar-refractivity contribution >= 4 is 33.3 Å². The Morgan fingerprint density at radius 1 is 1.21 bits per heavy atom. The van der Waals surface area contributed by atoms with Gasteiger partial charge in [0.2, 0.25) is 5.95 Å². The fraction of sp³-hybridized carbons (Fsp3) is 0.571. The number of thiophene rings is 1. The Kier molecular flexibility index (Phi) is 4.58. The molecule has 0 aliphatic carbocycles. The summed E-state index contributed by atoms with van der Waals surface area (Å²) in [4.78, 5) is 14.0. The van der Waals surface area contributed by atoms with E-state index in [9.17, 15) is 0 Å². The van der Waals surface area contributed by atoms with Crippen LogP contribution in [0.25, 0.3) is 10.2 Å². The van der Waals surface area contributed by atoms with E-state index in [4.69, 9.17) is 0 Å². The molecule has 2 aromatic rings. The van der Waals surface area contributed by atoms with Crippen LogP contribution >= 0.6 is 11.3 Å². The summed E-state index contributed by atoms with van der Waals surface area (Å²) in [5.74, 6) is 1.78. The van der Waals surface area contributed by atoms with Gasteiger partial charge < -0.3 is 10.2 Å². The Bertz CT molecular complexity index is 544.